The van der Waals surface area contributed by atoms with E-state index >= 15 is 0 Å². The van der Waals surface area contributed by atoms with Crippen molar-refractivity contribution in [3.05, 3.63) is 28.3 Å². The lowest BCUT2D eigenvalue weighted by Gasteiger charge is -2.19. The van der Waals surface area contributed by atoms with Crippen molar-refractivity contribution in [1.82, 2.24) is 0 Å². The summed E-state index contributed by atoms with van der Waals surface area (Å²) in [6.45, 7) is 7.85. The summed E-state index contributed by atoms with van der Waals surface area (Å²) in [7, 11) is 0. The number of rotatable bonds is 3. The molecule has 0 saturated carbocycles. The van der Waals surface area contributed by atoms with Gasteiger partial charge in [0.2, 0.25) is 5.91 Å². The Labute approximate surface area is 119 Å². The largest absolute Gasteiger partial charge is 0.388 e. The minimum Gasteiger partial charge on any atom is -0.388 e. The second kappa shape index (κ2) is 4.80. The van der Waals surface area contributed by atoms with Crippen molar-refractivity contribution in [2.45, 2.75) is 45.6 Å². The molecule has 104 valence electrons. The number of carbonyl (C=O) groups is 1. The Morgan fingerprint density at radius 2 is 2.00 bits per heavy atom. The number of amides is 1. The van der Waals surface area contributed by atoms with Crippen LogP contribution in [0.1, 0.15) is 51.3 Å². The Kier molecular flexibility index (Phi) is 3.63. The molecular formula is C15H20ClNO2. The van der Waals surface area contributed by atoms with Crippen LogP contribution in [0.25, 0.3) is 0 Å². The summed E-state index contributed by atoms with van der Waals surface area (Å²) >= 11 is 6.22. The highest BCUT2D eigenvalue weighted by Crippen LogP contribution is 2.43. The summed E-state index contributed by atoms with van der Waals surface area (Å²) in [4.78, 5) is 11.9. The highest BCUT2D eigenvalue weighted by Gasteiger charge is 2.40. The Bertz CT molecular complexity index is 523. The molecule has 1 amide bonds. The normalized spacial score (nSPS) is 18.4. The molecule has 1 aromatic carbocycles. The lowest BCUT2D eigenvalue weighted by molar-refractivity contribution is -0.119. The van der Waals surface area contributed by atoms with Crippen molar-refractivity contribution < 1.29 is 9.90 Å². The first-order valence-electron chi connectivity index (χ1n) is 6.57. The van der Waals surface area contributed by atoms with E-state index in [1.54, 1.807) is 6.07 Å². The van der Waals surface area contributed by atoms with E-state index in [4.69, 9.17) is 11.6 Å². The summed E-state index contributed by atoms with van der Waals surface area (Å²) in [5, 5.41) is 13.5. The van der Waals surface area contributed by atoms with Gasteiger partial charge in [0.25, 0.3) is 0 Å². The zero-order valence-corrected chi connectivity index (χ0v) is 12.5. The molecule has 1 aliphatic rings. The third kappa shape index (κ3) is 2.49. The van der Waals surface area contributed by atoms with Gasteiger partial charge in [-0.25, -0.2) is 0 Å². The van der Waals surface area contributed by atoms with Gasteiger partial charge in [-0.3, -0.25) is 4.79 Å². The maximum absolute atomic E-state index is 11.9. The Morgan fingerprint density at radius 1 is 1.37 bits per heavy atom. The molecule has 0 saturated heterocycles. The molecule has 1 aliphatic heterocycles. The quantitative estimate of drug-likeness (QED) is 0.888. The molecule has 2 N–H and O–H groups in total. The van der Waals surface area contributed by atoms with E-state index in [0.717, 1.165) is 11.1 Å². The average molecular weight is 282 g/mol. The van der Waals surface area contributed by atoms with E-state index in [0.29, 0.717) is 23.0 Å². The lowest BCUT2D eigenvalue weighted by Crippen LogP contribution is -2.26. The fourth-order valence-corrected chi connectivity index (χ4v) is 2.69. The molecule has 0 aliphatic carbocycles. The first-order chi connectivity index (χ1) is 8.73. The summed E-state index contributed by atoms with van der Waals surface area (Å²) in [6.07, 6.45) is 0.131. The standard InChI is InChI=1S/C15H20ClNO2/c1-8(2)5-12(18)9-6-10-13(11(16)7-9)17-14(19)15(10,3)4/h6-8,12,18H,5H2,1-4H3,(H,17,19). The lowest BCUT2D eigenvalue weighted by atomic mass is 9.84. The Balaban J connectivity index is 2.45. The number of halogens is 1. The van der Waals surface area contributed by atoms with Gasteiger partial charge in [0.05, 0.1) is 22.2 Å². The van der Waals surface area contributed by atoms with Gasteiger partial charge in [0.15, 0.2) is 0 Å². The van der Waals surface area contributed by atoms with Crippen LogP contribution in [0.5, 0.6) is 0 Å². The van der Waals surface area contributed by atoms with E-state index in [9.17, 15) is 9.90 Å². The van der Waals surface area contributed by atoms with Gasteiger partial charge in [-0.15, -0.1) is 0 Å². The van der Waals surface area contributed by atoms with Crippen LogP contribution in [0.15, 0.2) is 12.1 Å². The van der Waals surface area contributed by atoms with E-state index in [2.05, 4.69) is 19.2 Å². The number of benzene rings is 1. The summed E-state index contributed by atoms with van der Waals surface area (Å²) in [5.74, 6) is 0.342. The van der Waals surface area contributed by atoms with Gasteiger partial charge in [0, 0.05) is 0 Å². The fourth-order valence-electron chi connectivity index (χ4n) is 2.41. The van der Waals surface area contributed by atoms with Crippen LogP contribution >= 0.6 is 11.6 Å². The molecule has 0 aromatic heterocycles. The van der Waals surface area contributed by atoms with Crippen molar-refractivity contribution >= 4 is 23.2 Å². The summed E-state index contributed by atoms with van der Waals surface area (Å²) in [5.41, 5.74) is 1.72. The van der Waals surface area contributed by atoms with Crippen molar-refractivity contribution in [1.29, 1.82) is 0 Å². The molecular weight excluding hydrogens is 262 g/mol. The maximum atomic E-state index is 11.9. The molecule has 2 rings (SSSR count). The zero-order chi connectivity index (χ0) is 14.4. The third-order valence-corrected chi connectivity index (χ3v) is 3.97. The number of fused-ring (bicyclic) bond motifs is 1. The van der Waals surface area contributed by atoms with Crippen LogP contribution in [0.2, 0.25) is 5.02 Å². The number of hydrogen-bond acceptors (Lipinski definition) is 2. The van der Waals surface area contributed by atoms with Crippen LogP contribution in [0.4, 0.5) is 5.69 Å². The molecule has 1 unspecified atom stereocenters. The zero-order valence-electron chi connectivity index (χ0n) is 11.7. The fraction of sp³-hybridized carbons (Fsp3) is 0.533. The highest BCUT2D eigenvalue weighted by atomic mass is 35.5. The molecule has 3 nitrogen and oxygen atoms in total. The van der Waals surface area contributed by atoms with Crippen molar-refractivity contribution in [2.75, 3.05) is 5.32 Å². The molecule has 0 radical (unpaired) electrons. The molecule has 1 heterocycles. The van der Waals surface area contributed by atoms with Crippen LogP contribution in [-0.2, 0) is 10.2 Å². The SMILES string of the molecule is CC(C)CC(O)c1cc(Cl)c2c(c1)C(C)(C)C(=O)N2. The number of carbonyl (C=O) groups excluding carboxylic acids is 1. The monoisotopic (exact) mass is 281 g/mol. The second-order valence-electron chi connectivity index (χ2n) is 6.15. The number of hydrogen-bond donors (Lipinski definition) is 2. The molecule has 4 heteroatoms. The van der Waals surface area contributed by atoms with Crippen molar-refractivity contribution in [2.24, 2.45) is 5.92 Å². The van der Waals surface area contributed by atoms with Gasteiger partial charge < -0.3 is 10.4 Å². The van der Waals surface area contributed by atoms with E-state index in [1.807, 2.05) is 19.9 Å². The van der Waals surface area contributed by atoms with Gasteiger partial charge in [-0.1, -0.05) is 25.4 Å². The first-order valence-corrected chi connectivity index (χ1v) is 6.94. The maximum Gasteiger partial charge on any atom is 0.234 e. The van der Waals surface area contributed by atoms with Crippen LogP contribution in [-0.4, -0.2) is 11.0 Å². The number of anilines is 1. The average Bonchev–Trinajstić information content (AvgIpc) is 2.51. The van der Waals surface area contributed by atoms with Gasteiger partial charge in [-0.2, -0.15) is 0 Å². The topological polar surface area (TPSA) is 49.3 Å². The van der Waals surface area contributed by atoms with Crippen LogP contribution in [0.3, 0.4) is 0 Å². The minimum atomic E-state index is -0.605. The molecule has 0 bridgehead atoms. The minimum absolute atomic E-state index is 0.0556. The molecule has 0 spiro atoms. The van der Waals surface area contributed by atoms with Gasteiger partial charge in [0.1, 0.15) is 0 Å². The molecule has 19 heavy (non-hydrogen) atoms. The van der Waals surface area contributed by atoms with Gasteiger partial charge in [-0.05, 0) is 49.4 Å². The van der Waals surface area contributed by atoms with E-state index < -0.39 is 11.5 Å². The third-order valence-electron chi connectivity index (χ3n) is 3.67. The predicted octanol–water partition coefficient (Wildman–Crippen LogP) is 3.65. The highest BCUT2D eigenvalue weighted by molar-refractivity contribution is 6.35. The van der Waals surface area contributed by atoms with Crippen LogP contribution < -0.4 is 5.32 Å². The molecule has 1 aromatic rings. The number of aliphatic hydroxyl groups is 1. The summed E-state index contributed by atoms with van der Waals surface area (Å²) in [6, 6.07) is 3.64. The first kappa shape index (κ1) is 14.4. The predicted molar refractivity (Wildman–Crippen MR) is 77.5 cm³/mol. The molecule has 0 fully saturated rings. The van der Waals surface area contributed by atoms with Crippen LogP contribution in [0, 0.1) is 5.92 Å². The summed E-state index contributed by atoms with van der Waals surface area (Å²) < 4.78 is 0. The van der Waals surface area contributed by atoms with Gasteiger partial charge >= 0.3 is 0 Å². The second-order valence-corrected chi connectivity index (χ2v) is 6.56. The smallest absolute Gasteiger partial charge is 0.234 e. The number of nitrogens with one attached hydrogen (secondary N) is 1. The van der Waals surface area contributed by atoms with E-state index in [-0.39, 0.29) is 5.91 Å². The Hall–Kier alpha value is -1.06. The van der Waals surface area contributed by atoms with E-state index in [1.165, 1.54) is 0 Å². The molecule has 1 atom stereocenters. The number of aliphatic hydroxyl groups excluding tert-OH is 1. The van der Waals surface area contributed by atoms with Crippen molar-refractivity contribution in [3.8, 4) is 0 Å². The Morgan fingerprint density at radius 3 is 2.58 bits per heavy atom. The van der Waals surface area contributed by atoms with Crippen molar-refractivity contribution in [3.63, 3.8) is 0 Å².